The van der Waals surface area contributed by atoms with E-state index in [0.717, 1.165) is 38.5 Å². The van der Waals surface area contributed by atoms with Crippen molar-refractivity contribution in [2.45, 2.75) is 44.8 Å². The molecule has 0 aromatic rings. The average Bonchev–Trinajstić information content (AvgIpc) is 2.42. The second-order valence-corrected chi connectivity index (χ2v) is 5.82. The van der Waals surface area contributed by atoms with E-state index in [4.69, 9.17) is 4.74 Å². The van der Waals surface area contributed by atoms with Crippen LogP contribution >= 0.6 is 0 Å². The van der Waals surface area contributed by atoms with Gasteiger partial charge in [0.1, 0.15) is 0 Å². The summed E-state index contributed by atoms with van der Waals surface area (Å²) in [7, 11) is 0. The first-order valence-electron chi connectivity index (χ1n) is 7.35. The Labute approximate surface area is 110 Å². The highest BCUT2D eigenvalue weighted by molar-refractivity contribution is 4.84. The lowest BCUT2D eigenvalue weighted by Gasteiger charge is -2.40. The van der Waals surface area contributed by atoms with Crippen LogP contribution in [0.15, 0.2) is 0 Å². The lowest BCUT2D eigenvalue weighted by Crippen LogP contribution is -2.51. The van der Waals surface area contributed by atoms with E-state index in [9.17, 15) is 10.2 Å². The van der Waals surface area contributed by atoms with Crippen LogP contribution < -0.4 is 0 Å². The van der Waals surface area contributed by atoms with E-state index in [2.05, 4.69) is 11.8 Å². The summed E-state index contributed by atoms with van der Waals surface area (Å²) in [6.07, 6.45) is 4.30. The summed E-state index contributed by atoms with van der Waals surface area (Å²) in [5.41, 5.74) is 0. The lowest BCUT2D eigenvalue weighted by atomic mass is 9.78. The Kier molecular flexibility index (Phi) is 5.42. The fourth-order valence-electron chi connectivity index (χ4n) is 3.31. The molecule has 1 aliphatic carbocycles. The van der Waals surface area contributed by atoms with Crippen molar-refractivity contribution in [3.8, 4) is 0 Å². The number of aliphatic hydroxyl groups excluding tert-OH is 2. The highest BCUT2D eigenvalue weighted by Crippen LogP contribution is 2.32. The third-order valence-electron chi connectivity index (χ3n) is 4.66. The molecule has 2 N–H and O–H groups in total. The van der Waals surface area contributed by atoms with Crippen LogP contribution in [0.4, 0.5) is 0 Å². The van der Waals surface area contributed by atoms with Crippen molar-refractivity contribution in [1.82, 2.24) is 4.90 Å². The van der Waals surface area contributed by atoms with Gasteiger partial charge in [-0.05, 0) is 31.1 Å². The summed E-state index contributed by atoms with van der Waals surface area (Å²) in [6, 6.07) is 0.118. The first-order valence-corrected chi connectivity index (χ1v) is 7.35. The zero-order chi connectivity index (χ0) is 13.0. The number of rotatable bonds is 4. The van der Waals surface area contributed by atoms with Crippen LogP contribution in [0, 0.1) is 11.8 Å². The molecule has 4 nitrogen and oxygen atoms in total. The third-order valence-corrected chi connectivity index (χ3v) is 4.66. The number of morpholine rings is 1. The average molecular weight is 257 g/mol. The lowest BCUT2D eigenvalue weighted by molar-refractivity contribution is -0.0523. The predicted octanol–water partition coefficient (Wildman–Crippen LogP) is 0.867. The van der Waals surface area contributed by atoms with E-state index in [1.807, 2.05) is 0 Å². The summed E-state index contributed by atoms with van der Waals surface area (Å²) < 4.78 is 5.40. The summed E-state index contributed by atoms with van der Waals surface area (Å²) in [5.74, 6) is 1.14. The first-order chi connectivity index (χ1) is 8.74. The van der Waals surface area contributed by atoms with E-state index in [-0.39, 0.29) is 18.8 Å². The maximum atomic E-state index is 10.2. The van der Waals surface area contributed by atoms with Crippen molar-refractivity contribution in [3.63, 3.8) is 0 Å². The molecule has 0 bridgehead atoms. The van der Waals surface area contributed by atoms with Gasteiger partial charge in [0.25, 0.3) is 0 Å². The molecule has 18 heavy (non-hydrogen) atoms. The smallest absolute Gasteiger partial charge is 0.0644 e. The SMILES string of the molecule is CCC1CCC(O)C(CN2CCOCC2CO)C1. The topological polar surface area (TPSA) is 52.9 Å². The molecule has 0 aromatic heterocycles. The molecule has 1 heterocycles. The summed E-state index contributed by atoms with van der Waals surface area (Å²) >= 11 is 0. The molecule has 0 spiro atoms. The minimum Gasteiger partial charge on any atom is -0.395 e. The standard InChI is InChI=1S/C14H27NO3/c1-2-11-3-4-14(17)12(7-11)8-15-5-6-18-10-13(15)9-16/h11-14,16-17H,2-10H2,1H3. The molecular formula is C14H27NO3. The van der Waals surface area contributed by atoms with Crippen LogP contribution in [-0.4, -0.2) is 60.2 Å². The monoisotopic (exact) mass is 257 g/mol. The Hall–Kier alpha value is -0.160. The largest absolute Gasteiger partial charge is 0.395 e. The van der Waals surface area contributed by atoms with E-state index in [1.165, 1.54) is 12.8 Å². The molecule has 4 heteroatoms. The molecule has 0 aromatic carbocycles. The molecule has 1 saturated carbocycles. The van der Waals surface area contributed by atoms with Crippen molar-refractivity contribution in [2.75, 3.05) is 32.9 Å². The van der Waals surface area contributed by atoms with Gasteiger partial charge < -0.3 is 14.9 Å². The molecule has 1 saturated heterocycles. The van der Waals surface area contributed by atoms with E-state index in [1.54, 1.807) is 0 Å². The number of aliphatic hydroxyl groups is 2. The summed E-state index contributed by atoms with van der Waals surface area (Å²) in [4.78, 5) is 2.30. The van der Waals surface area contributed by atoms with Crippen molar-refractivity contribution in [1.29, 1.82) is 0 Å². The zero-order valence-corrected chi connectivity index (χ0v) is 11.4. The van der Waals surface area contributed by atoms with Gasteiger partial charge in [0, 0.05) is 13.1 Å². The van der Waals surface area contributed by atoms with Gasteiger partial charge in [-0.25, -0.2) is 0 Å². The van der Waals surface area contributed by atoms with Gasteiger partial charge in [-0.3, -0.25) is 4.90 Å². The van der Waals surface area contributed by atoms with Crippen LogP contribution in [0.5, 0.6) is 0 Å². The van der Waals surface area contributed by atoms with Gasteiger partial charge in [-0.1, -0.05) is 13.3 Å². The first kappa shape index (κ1) is 14.3. The summed E-state index contributed by atoms with van der Waals surface area (Å²) in [5, 5.41) is 19.5. The van der Waals surface area contributed by atoms with Gasteiger partial charge in [-0.2, -0.15) is 0 Å². The number of nitrogens with zero attached hydrogens (tertiary/aromatic N) is 1. The van der Waals surface area contributed by atoms with Crippen molar-refractivity contribution in [2.24, 2.45) is 11.8 Å². The van der Waals surface area contributed by atoms with E-state index < -0.39 is 0 Å². The van der Waals surface area contributed by atoms with Crippen LogP contribution in [0.1, 0.15) is 32.6 Å². The molecule has 4 unspecified atom stereocenters. The fraction of sp³-hybridized carbons (Fsp3) is 1.00. The molecule has 2 aliphatic rings. The second kappa shape index (κ2) is 6.85. The Morgan fingerprint density at radius 3 is 2.89 bits per heavy atom. The molecular weight excluding hydrogens is 230 g/mol. The molecule has 1 aliphatic heterocycles. The van der Waals surface area contributed by atoms with Crippen LogP contribution in [-0.2, 0) is 4.74 Å². The van der Waals surface area contributed by atoms with Crippen molar-refractivity contribution in [3.05, 3.63) is 0 Å². The van der Waals surface area contributed by atoms with Gasteiger partial charge >= 0.3 is 0 Å². The fourth-order valence-corrected chi connectivity index (χ4v) is 3.31. The normalized spacial score (nSPS) is 38.8. The van der Waals surface area contributed by atoms with Gasteiger partial charge in [0.2, 0.25) is 0 Å². The maximum Gasteiger partial charge on any atom is 0.0644 e. The molecule has 2 rings (SSSR count). The Balaban J connectivity index is 1.89. The van der Waals surface area contributed by atoms with Crippen molar-refractivity contribution < 1.29 is 14.9 Å². The minimum absolute atomic E-state index is 0.118. The number of hydrogen-bond acceptors (Lipinski definition) is 4. The zero-order valence-electron chi connectivity index (χ0n) is 11.4. The second-order valence-electron chi connectivity index (χ2n) is 5.82. The Morgan fingerprint density at radius 2 is 2.17 bits per heavy atom. The Bertz CT molecular complexity index is 249. The predicted molar refractivity (Wildman–Crippen MR) is 70.4 cm³/mol. The van der Waals surface area contributed by atoms with E-state index >= 15 is 0 Å². The van der Waals surface area contributed by atoms with Crippen LogP contribution in [0.25, 0.3) is 0 Å². The van der Waals surface area contributed by atoms with Crippen LogP contribution in [0.2, 0.25) is 0 Å². The van der Waals surface area contributed by atoms with Gasteiger partial charge in [0.05, 0.1) is 32.0 Å². The molecule has 2 fully saturated rings. The summed E-state index contributed by atoms with van der Waals surface area (Å²) in [6.45, 7) is 5.55. The number of hydrogen-bond donors (Lipinski definition) is 2. The highest BCUT2D eigenvalue weighted by Gasteiger charge is 2.32. The Morgan fingerprint density at radius 1 is 1.33 bits per heavy atom. The quantitative estimate of drug-likeness (QED) is 0.784. The maximum absolute atomic E-state index is 10.2. The molecule has 4 atom stereocenters. The minimum atomic E-state index is -0.157. The highest BCUT2D eigenvalue weighted by atomic mass is 16.5. The molecule has 106 valence electrons. The molecule has 0 amide bonds. The number of ether oxygens (including phenoxy) is 1. The van der Waals surface area contributed by atoms with Crippen LogP contribution in [0.3, 0.4) is 0 Å². The van der Waals surface area contributed by atoms with Gasteiger partial charge in [0.15, 0.2) is 0 Å². The van der Waals surface area contributed by atoms with Gasteiger partial charge in [-0.15, -0.1) is 0 Å². The third kappa shape index (κ3) is 3.44. The molecule has 0 radical (unpaired) electrons. The van der Waals surface area contributed by atoms with Crippen molar-refractivity contribution >= 4 is 0 Å². The van der Waals surface area contributed by atoms with E-state index in [0.29, 0.717) is 12.5 Å².